The van der Waals surface area contributed by atoms with Crippen molar-refractivity contribution in [1.82, 2.24) is 15.1 Å². The van der Waals surface area contributed by atoms with E-state index in [4.69, 9.17) is 0 Å². The van der Waals surface area contributed by atoms with Gasteiger partial charge in [0.1, 0.15) is 0 Å². The van der Waals surface area contributed by atoms with E-state index in [0.29, 0.717) is 18.0 Å². The molecule has 1 rings (SSSR count). The molecular formula is C16H35N3O. The minimum absolute atomic E-state index is 0. The molecule has 4 nitrogen and oxygen atoms in total. The van der Waals surface area contributed by atoms with Gasteiger partial charge in [-0.05, 0) is 39.4 Å². The maximum Gasteiger partial charge on any atom is 0.225 e. The van der Waals surface area contributed by atoms with Crippen LogP contribution in [0.3, 0.4) is 0 Å². The number of nitrogens with zero attached hydrogens (tertiary/aromatic N) is 2. The Morgan fingerprint density at radius 1 is 1.30 bits per heavy atom. The van der Waals surface area contributed by atoms with Gasteiger partial charge in [-0.1, -0.05) is 27.7 Å². The number of carbonyl (C=O) groups excluding carboxylic acids is 1. The molecule has 1 aliphatic heterocycles. The zero-order valence-corrected chi connectivity index (χ0v) is 14.0. The molecule has 0 aromatic rings. The first-order valence-corrected chi connectivity index (χ1v) is 8.14. The lowest BCUT2D eigenvalue weighted by Gasteiger charge is -2.37. The molecular weight excluding hydrogens is 250 g/mol. The second kappa shape index (κ2) is 8.63. The summed E-state index contributed by atoms with van der Waals surface area (Å²) < 4.78 is 0. The van der Waals surface area contributed by atoms with Gasteiger partial charge >= 0.3 is 0 Å². The van der Waals surface area contributed by atoms with E-state index >= 15 is 0 Å². The van der Waals surface area contributed by atoms with Gasteiger partial charge in [-0.2, -0.15) is 0 Å². The van der Waals surface area contributed by atoms with Crippen LogP contribution in [-0.4, -0.2) is 61.0 Å². The van der Waals surface area contributed by atoms with Crippen molar-refractivity contribution in [3.63, 3.8) is 0 Å². The molecule has 120 valence electrons. The first kappa shape index (κ1) is 17.4. The molecule has 0 radical (unpaired) electrons. The Labute approximate surface area is 126 Å². The zero-order valence-electron chi connectivity index (χ0n) is 14.0. The molecule has 1 aliphatic rings. The van der Waals surface area contributed by atoms with Gasteiger partial charge in [0.2, 0.25) is 5.91 Å². The predicted octanol–water partition coefficient (Wildman–Crippen LogP) is 2.20. The number of likely N-dealkylation sites (tertiary alicyclic amines) is 1. The molecule has 0 spiro atoms. The molecule has 4 heteroatoms. The Balaban J connectivity index is 0.00000400. The minimum Gasteiger partial charge on any atom is -0.342 e. The largest absolute Gasteiger partial charge is 0.342 e. The van der Waals surface area contributed by atoms with Gasteiger partial charge in [-0.15, -0.1) is 0 Å². The van der Waals surface area contributed by atoms with E-state index < -0.39 is 0 Å². The van der Waals surface area contributed by atoms with E-state index in [0.717, 1.165) is 39.0 Å². The lowest BCUT2D eigenvalue weighted by Crippen LogP contribution is -2.47. The fourth-order valence-electron chi connectivity index (χ4n) is 2.79. The van der Waals surface area contributed by atoms with Crippen LogP contribution in [0.5, 0.6) is 0 Å². The van der Waals surface area contributed by atoms with E-state index in [1.54, 1.807) is 0 Å². The van der Waals surface area contributed by atoms with Crippen molar-refractivity contribution in [3.8, 4) is 0 Å². The topological polar surface area (TPSA) is 35.6 Å². The fraction of sp³-hybridized carbons (Fsp3) is 0.938. The van der Waals surface area contributed by atoms with Crippen LogP contribution in [0.4, 0.5) is 0 Å². The quantitative estimate of drug-likeness (QED) is 0.728. The average Bonchev–Trinajstić information content (AvgIpc) is 2.42. The molecule has 0 aromatic heterocycles. The summed E-state index contributed by atoms with van der Waals surface area (Å²) in [7, 11) is 2.22. The Hall–Kier alpha value is -0.610. The van der Waals surface area contributed by atoms with Crippen molar-refractivity contribution in [2.24, 2.45) is 5.92 Å². The Bertz CT molecular complexity index is 289. The van der Waals surface area contributed by atoms with E-state index in [-0.39, 0.29) is 7.34 Å². The Morgan fingerprint density at radius 2 is 1.90 bits per heavy atom. The molecule has 1 saturated heterocycles. The molecule has 0 unspecified atom stereocenters. The van der Waals surface area contributed by atoms with Gasteiger partial charge in [0.15, 0.2) is 0 Å². The van der Waals surface area contributed by atoms with E-state index in [1.807, 2.05) is 18.7 Å². The van der Waals surface area contributed by atoms with Crippen LogP contribution in [0, 0.1) is 5.92 Å². The molecule has 1 amide bonds. The molecule has 0 bridgehead atoms. The monoisotopic (exact) mass is 285 g/mol. The van der Waals surface area contributed by atoms with Crippen LogP contribution >= 0.6 is 0 Å². The second-order valence-electron chi connectivity index (χ2n) is 6.65. The molecule has 20 heavy (non-hydrogen) atoms. The van der Waals surface area contributed by atoms with Crippen molar-refractivity contribution < 1.29 is 6.22 Å². The lowest BCUT2D eigenvalue weighted by atomic mass is 10.0. The number of hydrogen-bond acceptors (Lipinski definition) is 3. The fourth-order valence-corrected chi connectivity index (χ4v) is 2.79. The zero-order chi connectivity index (χ0) is 15.1. The first-order valence-electron chi connectivity index (χ1n) is 8.14. The summed E-state index contributed by atoms with van der Waals surface area (Å²) in [5, 5.41) is 3.46. The normalized spacial score (nSPS) is 17.5. The minimum atomic E-state index is 0. The third-order valence-corrected chi connectivity index (χ3v) is 4.13. The summed E-state index contributed by atoms with van der Waals surface area (Å²) in [6.45, 7) is 12.4. The highest BCUT2D eigenvalue weighted by molar-refractivity contribution is 5.78. The molecule has 0 atom stereocenters. The second-order valence-corrected chi connectivity index (χ2v) is 6.65. The van der Waals surface area contributed by atoms with Gasteiger partial charge < -0.3 is 15.1 Å². The van der Waals surface area contributed by atoms with Gasteiger partial charge in [-0.25, -0.2) is 0 Å². The summed E-state index contributed by atoms with van der Waals surface area (Å²) in [5.74, 6) is 0.443. The number of rotatable bonds is 7. The van der Waals surface area contributed by atoms with Gasteiger partial charge in [-0.3, -0.25) is 4.79 Å². The van der Waals surface area contributed by atoms with Crippen molar-refractivity contribution in [2.75, 3.05) is 33.2 Å². The maximum absolute atomic E-state index is 12.0. The van der Waals surface area contributed by atoms with E-state index in [2.05, 4.69) is 31.1 Å². The summed E-state index contributed by atoms with van der Waals surface area (Å²) in [4.78, 5) is 16.5. The van der Waals surface area contributed by atoms with Gasteiger partial charge in [0, 0.05) is 32.5 Å². The summed E-state index contributed by atoms with van der Waals surface area (Å²) >= 11 is 0. The standard InChI is InChI=1S/C16H33N3O.H2/c1-13(2)16(20)19-11-7-15(8-12-19)18(5)10-6-9-17-14(3)4;/h13-15,17H,6-12H2,1-5H3;1H. The van der Waals surface area contributed by atoms with Crippen LogP contribution in [-0.2, 0) is 4.79 Å². The van der Waals surface area contributed by atoms with E-state index in [9.17, 15) is 4.79 Å². The van der Waals surface area contributed by atoms with Crippen LogP contribution in [0.25, 0.3) is 0 Å². The van der Waals surface area contributed by atoms with Crippen LogP contribution in [0.15, 0.2) is 0 Å². The molecule has 1 fully saturated rings. The molecule has 1 N–H and O–H groups in total. The van der Waals surface area contributed by atoms with Crippen molar-refractivity contribution in [3.05, 3.63) is 0 Å². The van der Waals surface area contributed by atoms with E-state index in [1.165, 1.54) is 6.42 Å². The Kier molecular flexibility index (Phi) is 7.52. The summed E-state index contributed by atoms with van der Waals surface area (Å²) in [6, 6.07) is 1.22. The number of carbonyl (C=O) groups is 1. The highest BCUT2D eigenvalue weighted by atomic mass is 16.2. The van der Waals surface area contributed by atoms with Crippen LogP contribution < -0.4 is 5.32 Å². The predicted molar refractivity (Wildman–Crippen MR) is 86.9 cm³/mol. The van der Waals surface area contributed by atoms with Gasteiger partial charge in [0.25, 0.3) is 0 Å². The van der Waals surface area contributed by atoms with Crippen LogP contribution in [0.2, 0.25) is 0 Å². The molecule has 0 aliphatic carbocycles. The smallest absolute Gasteiger partial charge is 0.225 e. The number of nitrogens with one attached hydrogen (secondary N) is 1. The lowest BCUT2D eigenvalue weighted by molar-refractivity contribution is -0.136. The van der Waals surface area contributed by atoms with Crippen LogP contribution in [0.1, 0.15) is 48.4 Å². The van der Waals surface area contributed by atoms with Gasteiger partial charge in [0.05, 0.1) is 0 Å². The molecule has 1 heterocycles. The molecule has 0 aromatic carbocycles. The van der Waals surface area contributed by atoms with Crippen molar-refractivity contribution in [1.29, 1.82) is 0 Å². The Morgan fingerprint density at radius 3 is 2.40 bits per heavy atom. The molecule has 0 saturated carbocycles. The highest BCUT2D eigenvalue weighted by Crippen LogP contribution is 2.17. The third-order valence-electron chi connectivity index (χ3n) is 4.13. The van der Waals surface area contributed by atoms with Crippen molar-refractivity contribution >= 4 is 5.91 Å². The number of piperidine rings is 1. The maximum atomic E-state index is 12.0. The average molecular weight is 285 g/mol. The number of amides is 1. The summed E-state index contributed by atoms with van der Waals surface area (Å²) in [5.41, 5.74) is 0. The summed E-state index contributed by atoms with van der Waals surface area (Å²) in [6.07, 6.45) is 3.43. The number of hydrogen-bond donors (Lipinski definition) is 1. The van der Waals surface area contributed by atoms with Crippen molar-refractivity contribution in [2.45, 2.75) is 59.0 Å². The SMILES string of the molecule is CC(C)NCCCN(C)C1CCN(C(=O)C(C)C)CC1.[HH]. The third kappa shape index (κ3) is 5.80. The highest BCUT2D eigenvalue weighted by Gasteiger charge is 2.25. The first-order chi connectivity index (χ1) is 9.41.